The molecule has 0 aliphatic heterocycles. The molecule has 0 amide bonds. The van der Waals surface area contributed by atoms with Crippen LogP contribution in [0.3, 0.4) is 0 Å². The lowest BCUT2D eigenvalue weighted by molar-refractivity contribution is 0.447. The zero-order valence-corrected chi connectivity index (χ0v) is 12.7. The highest BCUT2D eigenvalue weighted by molar-refractivity contribution is 9.10. The molecule has 2 rings (SSSR count). The first-order valence-electron chi connectivity index (χ1n) is 5.62. The van der Waals surface area contributed by atoms with Gasteiger partial charge in [0.05, 0.1) is 10.0 Å². The third-order valence-corrected chi connectivity index (χ3v) is 3.40. The van der Waals surface area contributed by atoms with Crippen LogP contribution in [0.2, 0.25) is 5.15 Å². The molecule has 1 aromatic heterocycles. The summed E-state index contributed by atoms with van der Waals surface area (Å²) in [5, 5.41) is 0.359. The van der Waals surface area contributed by atoms with Crippen LogP contribution in [0.4, 0.5) is 4.39 Å². The molecule has 0 unspecified atom stereocenters. The van der Waals surface area contributed by atoms with Gasteiger partial charge in [-0.05, 0) is 40.0 Å². The van der Waals surface area contributed by atoms with E-state index in [-0.39, 0.29) is 11.7 Å². The van der Waals surface area contributed by atoms with E-state index in [0.29, 0.717) is 21.3 Å². The van der Waals surface area contributed by atoms with Crippen molar-refractivity contribution in [1.82, 2.24) is 9.97 Å². The molecule has 0 radical (unpaired) electrons. The summed E-state index contributed by atoms with van der Waals surface area (Å²) in [7, 11) is 0. The Hall–Kier alpha value is -1.20. The second kappa shape index (κ2) is 5.84. The summed E-state index contributed by atoms with van der Waals surface area (Å²) in [6.45, 7) is 3.94. The first-order chi connectivity index (χ1) is 8.99. The topological polar surface area (TPSA) is 35.0 Å². The van der Waals surface area contributed by atoms with Crippen LogP contribution >= 0.6 is 27.5 Å². The Kier molecular flexibility index (Phi) is 4.37. The van der Waals surface area contributed by atoms with Gasteiger partial charge >= 0.3 is 0 Å². The molecule has 0 N–H and O–H groups in total. The fourth-order valence-electron chi connectivity index (χ4n) is 1.59. The van der Waals surface area contributed by atoms with E-state index in [4.69, 9.17) is 16.3 Å². The maximum Gasteiger partial charge on any atom is 0.227 e. The summed E-state index contributed by atoms with van der Waals surface area (Å²) in [4.78, 5) is 8.03. The standard InChI is InChI=1S/C13H11BrClFN2O/c1-7(2)11-12(15)17-6-18-13(11)19-10-4-3-8(16)5-9(10)14/h3-7H,1-2H3. The number of halogens is 3. The van der Waals surface area contributed by atoms with Gasteiger partial charge in [0.15, 0.2) is 0 Å². The second-order valence-corrected chi connectivity index (χ2v) is 5.43. The van der Waals surface area contributed by atoms with Crippen LogP contribution in [0.15, 0.2) is 29.0 Å². The Bertz CT molecular complexity index is 607. The Morgan fingerprint density at radius 3 is 2.68 bits per heavy atom. The van der Waals surface area contributed by atoms with Crippen molar-refractivity contribution < 1.29 is 9.13 Å². The predicted octanol–water partition coefficient (Wildman–Crippen LogP) is 4.95. The molecule has 0 aliphatic carbocycles. The summed E-state index contributed by atoms with van der Waals surface area (Å²) < 4.78 is 19.2. The third-order valence-electron chi connectivity index (χ3n) is 2.48. The van der Waals surface area contributed by atoms with E-state index < -0.39 is 0 Å². The highest BCUT2D eigenvalue weighted by Gasteiger charge is 2.16. The second-order valence-electron chi connectivity index (χ2n) is 4.21. The maximum absolute atomic E-state index is 13.0. The molecular weight excluding hydrogens is 335 g/mol. The monoisotopic (exact) mass is 344 g/mol. The molecule has 19 heavy (non-hydrogen) atoms. The van der Waals surface area contributed by atoms with Crippen molar-refractivity contribution >= 4 is 27.5 Å². The Morgan fingerprint density at radius 2 is 2.05 bits per heavy atom. The summed E-state index contributed by atoms with van der Waals surface area (Å²) in [5.74, 6) is 0.618. The van der Waals surface area contributed by atoms with Crippen LogP contribution in [0.5, 0.6) is 11.6 Å². The Labute approximate surface area is 123 Å². The number of nitrogens with zero attached hydrogens (tertiary/aromatic N) is 2. The van der Waals surface area contributed by atoms with Crippen molar-refractivity contribution in [1.29, 1.82) is 0 Å². The van der Waals surface area contributed by atoms with E-state index in [2.05, 4.69) is 25.9 Å². The van der Waals surface area contributed by atoms with E-state index in [9.17, 15) is 4.39 Å². The van der Waals surface area contributed by atoms with Gasteiger partial charge in [-0.1, -0.05) is 25.4 Å². The summed E-state index contributed by atoms with van der Waals surface area (Å²) >= 11 is 9.30. The average molecular weight is 346 g/mol. The lowest BCUT2D eigenvalue weighted by Gasteiger charge is -2.14. The number of benzene rings is 1. The van der Waals surface area contributed by atoms with Crippen LogP contribution < -0.4 is 4.74 Å². The minimum atomic E-state index is -0.343. The van der Waals surface area contributed by atoms with Gasteiger partial charge in [-0.2, -0.15) is 0 Å². The molecule has 6 heteroatoms. The normalized spacial score (nSPS) is 10.8. The number of aromatic nitrogens is 2. The van der Waals surface area contributed by atoms with Crippen LogP contribution in [-0.2, 0) is 0 Å². The van der Waals surface area contributed by atoms with Gasteiger partial charge in [0.2, 0.25) is 5.88 Å². The van der Waals surface area contributed by atoms with Gasteiger partial charge in [0, 0.05) is 0 Å². The number of hydrogen-bond donors (Lipinski definition) is 0. The molecule has 100 valence electrons. The fraction of sp³-hybridized carbons (Fsp3) is 0.231. The van der Waals surface area contributed by atoms with E-state index in [1.807, 2.05) is 13.8 Å². The molecule has 0 bridgehead atoms. The number of ether oxygens (including phenoxy) is 1. The first kappa shape index (κ1) is 14.2. The van der Waals surface area contributed by atoms with Crippen molar-refractivity contribution in [3.05, 3.63) is 45.5 Å². The van der Waals surface area contributed by atoms with Crippen molar-refractivity contribution in [3.8, 4) is 11.6 Å². The lowest BCUT2D eigenvalue weighted by atomic mass is 10.1. The molecule has 0 aliphatic rings. The van der Waals surface area contributed by atoms with Crippen LogP contribution in [0, 0.1) is 5.82 Å². The molecule has 0 spiro atoms. The number of hydrogen-bond acceptors (Lipinski definition) is 3. The van der Waals surface area contributed by atoms with Crippen LogP contribution in [0.1, 0.15) is 25.3 Å². The quantitative estimate of drug-likeness (QED) is 0.738. The average Bonchev–Trinajstić information content (AvgIpc) is 2.32. The van der Waals surface area contributed by atoms with Gasteiger partial charge < -0.3 is 4.74 Å². The van der Waals surface area contributed by atoms with E-state index in [1.165, 1.54) is 24.5 Å². The van der Waals surface area contributed by atoms with Crippen molar-refractivity contribution in [3.63, 3.8) is 0 Å². The molecule has 0 fully saturated rings. The predicted molar refractivity (Wildman–Crippen MR) is 75.3 cm³/mol. The maximum atomic E-state index is 13.0. The molecule has 2 aromatic rings. The fourth-order valence-corrected chi connectivity index (χ4v) is 2.36. The number of rotatable bonds is 3. The van der Waals surface area contributed by atoms with Gasteiger partial charge in [0.1, 0.15) is 23.0 Å². The molecule has 3 nitrogen and oxygen atoms in total. The van der Waals surface area contributed by atoms with E-state index in [1.54, 1.807) is 0 Å². The van der Waals surface area contributed by atoms with Crippen molar-refractivity contribution in [2.75, 3.05) is 0 Å². The zero-order valence-electron chi connectivity index (χ0n) is 10.3. The zero-order chi connectivity index (χ0) is 14.0. The van der Waals surface area contributed by atoms with Crippen molar-refractivity contribution in [2.45, 2.75) is 19.8 Å². The van der Waals surface area contributed by atoms with E-state index >= 15 is 0 Å². The molecule has 0 saturated heterocycles. The van der Waals surface area contributed by atoms with Crippen molar-refractivity contribution in [2.24, 2.45) is 0 Å². The Morgan fingerprint density at radius 1 is 1.32 bits per heavy atom. The lowest BCUT2D eigenvalue weighted by Crippen LogP contribution is -2.00. The Balaban J connectivity index is 2.41. The minimum absolute atomic E-state index is 0.114. The molecule has 1 aromatic carbocycles. The van der Waals surface area contributed by atoms with E-state index in [0.717, 1.165) is 5.56 Å². The summed E-state index contributed by atoms with van der Waals surface area (Å²) in [6.07, 6.45) is 1.33. The molecule has 0 saturated carbocycles. The van der Waals surface area contributed by atoms with Crippen LogP contribution in [-0.4, -0.2) is 9.97 Å². The van der Waals surface area contributed by atoms with Gasteiger partial charge in [0.25, 0.3) is 0 Å². The highest BCUT2D eigenvalue weighted by Crippen LogP contribution is 2.35. The highest BCUT2D eigenvalue weighted by atomic mass is 79.9. The third kappa shape index (κ3) is 3.22. The van der Waals surface area contributed by atoms with Gasteiger partial charge in [-0.3, -0.25) is 0 Å². The minimum Gasteiger partial charge on any atom is -0.437 e. The molecule has 0 atom stereocenters. The first-order valence-corrected chi connectivity index (χ1v) is 6.79. The summed E-state index contributed by atoms with van der Waals surface area (Å²) in [5.41, 5.74) is 0.723. The SMILES string of the molecule is CC(C)c1c(Cl)ncnc1Oc1ccc(F)cc1Br. The van der Waals surface area contributed by atoms with Gasteiger partial charge in [-0.15, -0.1) is 0 Å². The molecule has 1 heterocycles. The smallest absolute Gasteiger partial charge is 0.227 e. The largest absolute Gasteiger partial charge is 0.437 e. The van der Waals surface area contributed by atoms with Gasteiger partial charge in [-0.25, -0.2) is 14.4 Å². The van der Waals surface area contributed by atoms with Crippen LogP contribution in [0.25, 0.3) is 0 Å². The summed E-state index contributed by atoms with van der Waals surface area (Å²) in [6, 6.07) is 4.17. The molecular formula is C13H11BrClFN2O.